The summed E-state index contributed by atoms with van der Waals surface area (Å²) in [6.07, 6.45) is 2.45. The second kappa shape index (κ2) is 6.16. The van der Waals surface area contributed by atoms with Gasteiger partial charge in [-0.05, 0) is 49.1 Å². The number of hydrogen-bond acceptors (Lipinski definition) is 2. The average molecular weight is 328 g/mol. The minimum Gasteiger partial charge on any atom is -0.307 e. The first kappa shape index (κ1) is 15.7. The van der Waals surface area contributed by atoms with Crippen LogP contribution in [0.25, 0.3) is 0 Å². The van der Waals surface area contributed by atoms with Gasteiger partial charge in [-0.1, -0.05) is 24.3 Å². The number of benzene rings is 2. The molecule has 1 aliphatic heterocycles. The summed E-state index contributed by atoms with van der Waals surface area (Å²) in [6, 6.07) is 11.6. The van der Waals surface area contributed by atoms with Gasteiger partial charge in [-0.25, -0.2) is 4.79 Å². The van der Waals surface area contributed by atoms with E-state index in [2.05, 4.69) is 5.32 Å². The van der Waals surface area contributed by atoms with Crippen LogP contribution < -0.4 is 10.2 Å². The van der Waals surface area contributed by atoms with E-state index >= 15 is 0 Å². The Morgan fingerprint density at radius 2 is 1.87 bits per heavy atom. The molecule has 1 unspecified atom stereocenters. The summed E-state index contributed by atoms with van der Waals surface area (Å²) >= 11 is 0. The van der Waals surface area contributed by atoms with Crippen molar-refractivity contribution in [2.45, 2.75) is 25.2 Å². The van der Waals surface area contributed by atoms with Gasteiger partial charge in [0.2, 0.25) is 0 Å². The molecule has 1 aliphatic rings. The molecule has 5 heteroatoms. The highest BCUT2D eigenvalue weighted by molar-refractivity contribution is 7.84. The van der Waals surface area contributed by atoms with Crippen molar-refractivity contribution in [3.8, 4) is 0 Å². The van der Waals surface area contributed by atoms with E-state index in [9.17, 15) is 9.00 Å². The Balaban J connectivity index is 2.01. The van der Waals surface area contributed by atoms with Gasteiger partial charge in [0.15, 0.2) is 0 Å². The number of nitrogens with one attached hydrogen (secondary N) is 1. The lowest BCUT2D eigenvalue weighted by atomic mass is 10.1. The molecule has 3 rings (SSSR count). The number of hydrogen-bond donors (Lipinski definition) is 1. The fourth-order valence-electron chi connectivity index (χ4n) is 3.03. The summed E-state index contributed by atoms with van der Waals surface area (Å²) in [5, 5.41) is 2.97. The van der Waals surface area contributed by atoms with Crippen molar-refractivity contribution in [1.82, 2.24) is 0 Å². The van der Waals surface area contributed by atoms with Gasteiger partial charge < -0.3 is 5.32 Å². The fourth-order valence-corrected chi connectivity index (χ4v) is 3.82. The van der Waals surface area contributed by atoms with Crippen molar-refractivity contribution < 1.29 is 9.00 Å². The van der Waals surface area contributed by atoms with Gasteiger partial charge in [-0.15, -0.1) is 0 Å². The molecule has 0 aliphatic carbocycles. The summed E-state index contributed by atoms with van der Waals surface area (Å²) in [6.45, 7) is 4.53. The Hall–Kier alpha value is -2.14. The number of amides is 2. The van der Waals surface area contributed by atoms with Gasteiger partial charge in [0.1, 0.15) is 0 Å². The zero-order valence-corrected chi connectivity index (χ0v) is 14.4. The third kappa shape index (κ3) is 3.01. The number of urea groups is 1. The molecule has 2 aromatic rings. The summed E-state index contributed by atoms with van der Waals surface area (Å²) in [7, 11) is -1.08. The van der Waals surface area contributed by atoms with E-state index in [0.29, 0.717) is 6.54 Å². The van der Waals surface area contributed by atoms with E-state index in [0.717, 1.165) is 39.4 Å². The maximum Gasteiger partial charge on any atom is 0.326 e. The third-order valence-electron chi connectivity index (χ3n) is 4.20. The lowest BCUT2D eigenvalue weighted by Gasteiger charge is -2.23. The second-order valence-corrected chi connectivity index (χ2v) is 7.20. The van der Waals surface area contributed by atoms with Gasteiger partial charge >= 0.3 is 6.03 Å². The van der Waals surface area contributed by atoms with Gasteiger partial charge in [0.05, 0.1) is 10.8 Å². The predicted octanol–water partition coefficient (Wildman–Crippen LogP) is 3.64. The highest BCUT2D eigenvalue weighted by atomic mass is 32.2. The van der Waals surface area contributed by atoms with Crippen molar-refractivity contribution in [2.24, 2.45) is 0 Å². The summed E-state index contributed by atoms with van der Waals surface area (Å²) < 4.78 is 11.9. The van der Waals surface area contributed by atoms with Crippen LogP contribution in [0.1, 0.15) is 16.7 Å². The van der Waals surface area contributed by atoms with E-state index in [1.807, 2.05) is 50.2 Å². The molecule has 2 amide bonds. The minimum atomic E-state index is -1.08. The Kier molecular flexibility index (Phi) is 4.22. The standard InChI is InChI=1S/C18H20N2O2S/c1-12-10-13(2)17(23(3)22)11-16(12)20-9-8-14-6-4-5-7-15(14)19-18(20)21/h4-7,10-11H,8-9H2,1-3H3,(H,19,21). The largest absolute Gasteiger partial charge is 0.326 e. The third-order valence-corrected chi connectivity index (χ3v) is 5.26. The van der Waals surface area contributed by atoms with Crippen LogP contribution in [-0.4, -0.2) is 23.0 Å². The normalized spacial score (nSPS) is 15.6. The van der Waals surface area contributed by atoms with Crippen molar-refractivity contribution >= 4 is 28.2 Å². The molecule has 2 aromatic carbocycles. The molecule has 1 atom stereocenters. The van der Waals surface area contributed by atoms with E-state index in [1.54, 1.807) is 11.2 Å². The molecular weight excluding hydrogens is 308 g/mol. The Morgan fingerprint density at radius 3 is 2.61 bits per heavy atom. The van der Waals surface area contributed by atoms with Crippen LogP contribution in [0.5, 0.6) is 0 Å². The van der Waals surface area contributed by atoms with Gasteiger partial charge in [-0.3, -0.25) is 9.11 Å². The Labute approximate surface area is 139 Å². The first-order chi connectivity index (χ1) is 11.0. The van der Waals surface area contributed by atoms with Crippen molar-refractivity contribution in [3.05, 3.63) is 53.1 Å². The first-order valence-corrected chi connectivity index (χ1v) is 9.14. The Morgan fingerprint density at radius 1 is 1.13 bits per heavy atom. The molecule has 4 nitrogen and oxygen atoms in total. The predicted molar refractivity (Wildman–Crippen MR) is 94.8 cm³/mol. The SMILES string of the molecule is Cc1cc(C)c(S(C)=O)cc1N1CCc2ccccc2NC1=O. The number of para-hydroxylation sites is 1. The zero-order valence-electron chi connectivity index (χ0n) is 13.6. The molecule has 120 valence electrons. The summed E-state index contributed by atoms with van der Waals surface area (Å²) in [5.41, 5.74) is 4.82. The minimum absolute atomic E-state index is 0.144. The van der Waals surface area contributed by atoms with Crippen LogP contribution in [0.3, 0.4) is 0 Å². The molecule has 0 saturated carbocycles. The first-order valence-electron chi connectivity index (χ1n) is 7.58. The Bertz CT molecular complexity index is 802. The van der Waals surface area contributed by atoms with Crippen molar-refractivity contribution in [1.29, 1.82) is 0 Å². The summed E-state index contributed by atoms with van der Waals surface area (Å²) in [4.78, 5) is 15.2. The fraction of sp³-hybridized carbons (Fsp3) is 0.278. The highest BCUT2D eigenvalue weighted by Crippen LogP contribution is 2.29. The lowest BCUT2D eigenvalue weighted by Crippen LogP contribution is -2.35. The molecule has 0 bridgehead atoms. The lowest BCUT2D eigenvalue weighted by molar-refractivity contribution is 0.257. The smallest absolute Gasteiger partial charge is 0.307 e. The second-order valence-electron chi connectivity index (χ2n) is 5.85. The maximum absolute atomic E-state index is 12.6. The number of carbonyl (C=O) groups is 1. The monoisotopic (exact) mass is 328 g/mol. The van der Waals surface area contributed by atoms with Crippen LogP contribution in [0, 0.1) is 13.8 Å². The molecule has 1 N–H and O–H groups in total. The van der Waals surface area contributed by atoms with Crippen LogP contribution >= 0.6 is 0 Å². The van der Waals surface area contributed by atoms with Gasteiger partial charge in [-0.2, -0.15) is 0 Å². The van der Waals surface area contributed by atoms with Crippen molar-refractivity contribution in [2.75, 3.05) is 23.0 Å². The molecule has 0 spiro atoms. The number of nitrogens with zero attached hydrogens (tertiary/aromatic N) is 1. The van der Waals surface area contributed by atoms with Gasteiger partial charge in [0, 0.05) is 29.1 Å². The van der Waals surface area contributed by atoms with Crippen LogP contribution in [0.4, 0.5) is 16.2 Å². The topological polar surface area (TPSA) is 49.4 Å². The zero-order chi connectivity index (χ0) is 16.6. The van der Waals surface area contributed by atoms with Crippen molar-refractivity contribution in [3.63, 3.8) is 0 Å². The average Bonchev–Trinajstić information content (AvgIpc) is 2.66. The molecule has 0 saturated heterocycles. The van der Waals surface area contributed by atoms with Crippen LogP contribution in [0.2, 0.25) is 0 Å². The summed E-state index contributed by atoms with van der Waals surface area (Å²) in [5.74, 6) is 0. The highest BCUT2D eigenvalue weighted by Gasteiger charge is 2.23. The number of aryl methyl sites for hydroxylation is 2. The van der Waals surface area contributed by atoms with E-state index in [4.69, 9.17) is 0 Å². The van der Waals surface area contributed by atoms with Gasteiger partial charge in [0.25, 0.3) is 0 Å². The molecular formula is C18H20N2O2S. The molecule has 0 aromatic heterocycles. The quantitative estimate of drug-likeness (QED) is 0.915. The number of carbonyl (C=O) groups excluding carboxylic acids is 1. The molecule has 0 radical (unpaired) electrons. The van der Waals surface area contributed by atoms with E-state index in [-0.39, 0.29) is 6.03 Å². The number of anilines is 2. The maximum atomic E-state index is 12.6. The molecule has 0 fully saturated rings. The number of rotatable bonds is 2. The molecule has 1 heterocycles. The number of fused-ring (bicyclic) bond motifs is 1. The van der Waals surface area contributed by atoms with E-state index in [1.165, 1.54) is 0 Å². The van der Waals surface area contributed by atoms with E-state index < -0.39 is 10.8 Å². The van der Waals surface area contributed by atoms with Crippen LogP contribution in [0.15, 0.2) is 41.3 Å². The molecule has 23 heavy (non-hydrogen) atoms. The van der Waals surface area contributed by atoms with Crippen LogP contribution in [-0.2, 0) is 17.2 Å².